The number of aryl methyl sites for hydroxylation is 2. The number of aromatic nitrogens is 1. The average molecular weight is 309 g/mol. The van der Waals surface area contributed by atoms with E-state index in [2.05, 4.69) is 4.98 Å². The number of hydrogen-bond donors (Lipinski definition) is 1. The largest absolute Gasteiger partial charge is 0.477 e. The lowest BCUT2D eigenvalue weighted by Gasteiger charge is -2.03. The molecule has 110 valence electrons. The van der Waals surface area contributed by atoms with Crippen LogP contribution in [0.15, 0.2) is 48.5 Å². The molecule has 3 nitrogen and oxygen atoms in total. The molecule has 0 fully saturated rings. The predicted octanol–water partition coefficient (Wildman–Crippen LogP) is 4.79. The zero-order valence-electron chi connectivity index (χ0n) is 12.3. The van der Waals surface area contributed by atoms with Crippen LogP contribution in [0.25, 0.3) is 21.8 Å². The number of hydrogen-bond acceptors (Lipinski definition) is 3. The molecule has 0 radical (unpaired) electrons. The fourth-order valence-corrected chi connectivity index (χ4v) is 3.19. The molecule has 0 atom stereocenters. The van der Waals surface area contributed by atoms with Crippen molar-refractivity contribution in [2.75, 3.05) is 0 Å². The molecule has 0 saturated heterocycles. The molecule has 2 aromatic carbocycles. The maximum absolute atomic E-state index is 11.6. The number of thiazole rings is 1. The van der Waals surface area contributed by atoms with Gasteiger partial charge in [0.1, 0.15) is 9.88 Å². The Balaban J connectivity index is 2.16. The lowest BCUT2D eigenvalue weighted by Crippen LogP contribution is -1.96. The molecule has 0 aliphatic heterocycles. The Morgan fingerprint density at radius 2 is 1.73 bits per heavy atom. The van der Waals surface area contributed by atoms with Crippen LogP contribution in [0, 0.1) is 13.8 Å². The maximum atomic E-state index is 11.6. The smallest absolute Gasteiger partial charge is 0.348 e. The number of carboxylic acid groups (broad SMARTS) is 1. The van der Waals surface area contributed by atoms with Crippen molar-refractivity contribution in [1.82, 2.24) is 4.98 Å². The minimum atomic E-state index is -0.937. The zero-order valence-corrected chi connectivity index (χ0v) is 13.1. The molecule has 0 spiro atoms. The van der Waals surface area contributed by atoms with Crippen molar-refractivity contribution in [3.8, 4) is 21.8 Å². The number of aromatic carboxylic acids is 1. The van der Waals surface area contributed by atoms with Gasteiger partial charge in [0.15, 0.2) is 0 Å². The summed E-state index contributed by atoms with van der Waals surface area (Å²) in [5.74, 6) is -0.937. The topological polar surface area (TPSA) is 50.2 Å². The second kappa shape index (κ2) is 5.73. The molecular weight excluding hydrogens is 294 g/mol. The summed E-state index contributed by atoms with van der Waals surface area (Å²) in [6, 6.07) is 15.6. The van der Waals surface area contributed by atoms with Gasteiger partial charge in [0, 0.05) is 11.1 Å². The van der Waals surface area contributed by atoms with Gasteiger partial charge in [0.05, 0.1) is 5.69 Å². The van der Waals surface area contributed by atoms with Crippen molar-refractivity contribution in [3.63, 3.8) is 0 Å². The number of nitrogens with zero attached hydrogens (tertiary/aromatic N) is 1. The maximum Gasteiger partial charge on any atom is 0.348 e. The lowest BCUT2D eigenvalue weighted by molar-refractivity contribution is 0.0702. The van der Waals surface area contributed by atoms with E-state index in [1.54, 1.807) is 0 Å². The van der Waals surface area contributed by atoms with Gasteiger partial charge in [-0.2, -0.15) is 0 Å². The fraction of sp³-hybridized carbons (Fsp3) is 0.111. The SMILES string of the molecule is Cc1ccc(-c2nc(-c3ccccc3)sc2C(=O)O)cc1C. The summed E-state index contributed by atoms with van der Waals surface area (Å²) in [6.07, 6.45) is 0. The van der Waals surface area contributed by atoms with Gasteiger partial charge in [-0.1, -0.05) is 42.5 Å². The first kappa shape index (κ1) is 14.5. The van der Waals surface area contributed by atoms with Crippen LogP contribution in [-0.2, 0) is 0 Å². The molecule has 0 unspecified atom stereocenters. The van der Waals surface area contributed by atoms with E-state index in [9.17, 15) is 9.90 Å². The molecule has 4 heteroatoms. The van der Waals surface area contributed by atoms with Gasteiger partial charge in [-0.25, -0.2) is 9.78 Å². The summed E-state index contributed by atoms with van der Waals surface area (Å²) in [7, 11) is 0. The zero-order chi connectivity index (χ0) is 15.7. The molecule has 0 saturated carbocycles. The van der Waals surface area contributed by atoms with E-state index in [0.717, 1.165) is 21.7 Å². The van der Waals surface area contributed by atoms with E-state index >= 15 is 0 Å². The summed E-state index contributed by atoms with van der Waals surface area (Å²) in [5, 5.41) is 10.2. The Bertz CT molecular complexity index is 838. The highest BCUT2D eigenvalue weighted by molar-refractivity contribution is 7.17. The first-order valence-corrected chi connectivity index (χ1v) is 7.75. The summed E-state index contributed by atoms with van der Waals surface area (Å²) in [4.78, 5) is 16.4. The molecule has 0 bridgehead atoms. The number of benzene rings is 2. The van der Waals surface area contributed by atoms with Crippen molar-refractivity contribution in [2.45, 2.75) is 13.8 Å². The summed E-state index contributed by atoms with van der Waals surface area (Å²) in [5.41, 5.74) is 4.63. The van der Waals surface area contributed by atoms with Crippen LogP contribution < -0.4 is 0 Å². The molecule has 22 heavy (non-hydrogen) atoms. The van der Waals surface area contributed by atoms with Gasteiger partial charge in [-0.3, -0.25) is 0 Å². The molecule has 1 aromatic heterocycles. The second-order valence-corrected chi connectivity index (χ2v) is 6.17. The Labute approximate surface area is 132 Å². The quantitative estimate of drug-likeness (QED) is 0.756. The summed E-state index contributed by atoms with van der Waals surface area (Å²) < 4.78 is 0. The van der Waals surface area contributed by atoms with Crippen molar-refractivity contribution in [2.24, 2.45) is 0 Å². The van der Waals surface area contributed by atoms with Gasteiger partial charge in [0.25, 0.3) is 0 Å². The van der Waals surface area contributed by atoms with Crippen LogP contribution in [0.5, 0.6) is 0 Å². The van der Waals surface area contributed by atoms with Crippen molar-refractivity contribution >= 4 is 17.3 Å². The summed E-state index contributed by atoms with van der Waals surface area (Å²) >= 11 is 1.21. The highest BCUT2D eigenvalue weighted by Gasteiger charge is 2.19. The van der Waals surface area contributed by atoms with Crippen LogP contribution in [-0.4, -0.2) is 16.1 Å². The minimum absolute atomic E-state index is 0.280. The van der Waals surface area contributed by atoms with Crippen LogP contribution in [0.4, 0.5) is 0 Å². The highest BCUT2D eigenvalue weighted by Crippen LogP contribution is 2.34. The Kier molecular flexibility index (Phi) is 3.77. The first-order valence-electron chi connectivity index (χ1n) is 6.93. The minimum Gasteiger partial charge on any atom is -0.477 e. The molecule has 1 N–H and O–H groups in total. The number of carboxylic acids is 1. The van der Waals surface area contributed by atoms with Crippen LogP contribution in [0.1, 0.15) is 20.8 Å². The predicted molar refractivity (Wildman–Crippen MR) is 89.4 cm³/mol. The molecule has 3 aromatic rings. The molecular formula is C18H15NO2S. The van der Waals surface area contributed by atoms with E-state index in [1.165, 1.54) is 16.9 Å². The van der Waals surface area contributed by atoms with Crippen LogP contribution >= 0.6 is 11.3 Å². The molecule has 0 aliphatic carbocycles. The first-order chi connectivity index (χ1) is 10.6. The standard InChI is InChI=1S/C18H15NO2S/c1-11-8-9-14(10-12(11)2)15-16(18(20)21)22-17(19-15)13-6-4-3-5-7-13/h3-10H,1-2H3,(H,20,21). The average Bonchev–Trinajstić information content (AvgIpc) is 2.96. The van der Waals surface area contributed by atoms with Crippen LogP contribution in [0.2, 0.25) is 0 Å². The normalized spacial score (nSPS) is 10.6. The summed E-state index contributed by atoms with van der Waals surface area (Å²) in [6.45, 7) is 4.05. The lowest BCUT2D eigenvalue weighted by atomic mass is 10.0. The number of carbonyl (C=O) groups is 1. The Morgan fingerprint density at radius 1 is 1.00 bits per heavy atom. The third-order valence-corrected chi connectivity index (χ3v) is 4.71. The Hall–Kier alpha value is -2.46. The molecule has 1 heterocycles. The number of rotatable bonds is 3. The van der Waals surface area contributed by atoms with Gasteiger partial charge in [0.2, 0.25) is 0 Å². The molecule has 0 amide bonds. The van der Waals surface area contributed by atoms with Crippen molar-refractivity contribution < 1.29 is 9.90 Å². The fourth-order valence-electron chi connectivity index (χ4n) is 2.25. The third kappa shape index (κ3) is 2.65. The Morgan fingerprint density at radius 3 is 2.36 bits per heavy atom. The van der Waals surface area contributed by atoms with E-state index in [0.29, 0.717) is 5.69 Å². The second-order valence-electron chi connectivity index (χ2n) is 5.17. The molecule has 3 rings (SSSR count). The van der Waals surface area contributed by atoms with E-state index in [1.807, 2.05) is 62.4 Å². The highest BCUT2D eigenvalue weighted by atomic mass is 32.1. The molecule has 0 aliphatic rings. The van der Waals surface area contributed by atoms with Crippen LogP contribution in [0.3, 0.4) is 0 Å². The van der Waals surface area contributed by atoms with E-state index in [-0.39, 0.29) is 4.88 Å². The monoisotopic (exact) mass is 309 g/mol. The van der Waals surface area contributed by atoms with E-state index < -0.39 is 5.97 Å². The van der Waals surface area contributed by atoms with Gasteiger partial charge in [-0.05, 0) is 31.0 Å². The third-order valence-electron chi connectivity index (χ3n) is 3.62. The van der Waals surface area contributed by atoms with E-state index in [4.69, 9.17) is 0 Å². The van der Waals surface area contributed by atoms with Crippen molar-refractivity contribution in [1.29, 1.82) is 0 Å². The van der Waals surface area contributed by atoms with Crippen molar-refractivity contribution in [3.05, 3.63) is 64.5 Å². The van der Waals surface area contributed by atoms with Gasteiger partial charge < -0.3 is 5.11 Å². The van der Waals surface area contributed by atoms with Gasteiger partial charge >= 0.3 is 5.97 Å². The van der Waals surface area contributed by atoms with Gasteiger partial charge in [-0.15, -0.1) is 11.3 Å².